The van der Waals surface area contributed by atoms with Gasteiger partial charge in [0.1, 0.15) is 11.5 Å². The lowest BCUT2D eigenvalue weighted by molar-refractivity contribution is 0.0862. The third-order valence-corrected chi connectivity index (χ3v) is 4.63. The molecule has 0 spiro atoms. The summed E-state index contributed by atoms with van der Waals surface area (Å²) in [5.74, 6) is 2.21. The van der Waals surface area contributed by atoms with Crippen molar-refractivity contribution in [3.63, 3.8) is 0 Å². The summed E-state index contributed by atoms with van der Waals surface area (Å²) in [5.41, 5.74) is 1.21. The monoisotopic (exact) mass is 277 g/mol. The molecule has 4 heteroatoms. The van der Waals surface area contributed by atoms with Crippen LogP contribution in [0.25, 0.3) is 0 Å². The first-order valence-electron chi connectivity index (χ1n) is 7.31. The van der Waals surface area contributed by atoms with Gasteiger partial charge >= 0.3 is 0 Å². The Morgan fingerprint density at radius 2 is 1.85 bits per heavy atom. The van der Waals surface area contributed by atoms with E-state index >= 15 is 0 Å². The van der Waals surface area contributed by atoms with Gasteiger partial charge in [0.15, 0.2) is 0 Å². The van der Waals surface area contributed by atoms with Crippen LogP contribution in [0.1, 0.15) is 30.9 Å². The van der Waals surface area contributed by atoms with Gasteiger partial charge in [-0.05, 0) is 44.0 Å². The van der Waals surface area contributed by atoms with E-state index in [1.54, 1.807) is 14.2 Å². The lowest BCUT2D eigenvalue weighted by atomic mass is 9.81. The molecule has 1 aromatic carbocycles. The minimum Gasteiger partial charge on any atom is -0.497 e. The van der Waals surface area contributed by atoms with E-state index in [2.05, 4.69) is 17.4 Å². The van der Waals surface area contributed by atoms with Gasteiger partial charge in [-0.15, -0.1) is 0 Å². The van der Waals surface area contributed by atoms with Gasteiger partial charge in [0.2, 0.25) is 0 Å². The van der Waals surface area contributed by atoms with E-state index < -0.39 is 0 Å². The van der Waals surface area contributed by atoms with Crippen molar-refractivity contribution >= 4 is 0 Å². The van der Waals surface area contributed by atoms with Crippen molar-refractivity contribution in [3.05, 3.63) is 23.8 Å². The molecule has 1 aromatic rings. The Morgan fingerprint density at radius 3 is 2.30 bits per heavy atom. The molecular formula is C16H23NO3. The summed E-state index contributed by atoms with van der Waals surface area (Å²) in [5, 5.41) is 3.46. The minimum atomic E-state index is 0.286. The zero-order valence-electron chi connectivity index (χ0n) is 12.4. The van der Waals surface area contributed by atoms with Gasteiger partial charge < -0.3 is 19.5 Å². The fraction of sp³-hybridized carbons (Fsp3) is 0.625. The SMILES string of the molecule is CNC(c1cc(OC)cc(OC)c1)C1CC2CCC1O2. The van der Waals surface area contributed by atoms with Crippen LogP contribution in [-0.4, -0.2) is 33.5 Å². The predicted octanol–water partition coefficient (Wildman–Crippen LogP) is 2.53. The second kappa shape index (κ2) is 5.62. The largest absolute Gasteiger partial charge is 0.497 e. The highest BCUT2D eigenvalue weighted by Gasteiger charge is 2.44. The van der Waals surface area contributed by atoms with Crippen LogP contribution in [0, 0.1) is 5.92 Å². The molecule has 110 valence electrons. The van der Waals surface area contributed by atoms with E-state index in [1.165, 1.54) is 18.4 Å². The summed E-state index contributed by atoms with van der Waals surface area (Å²) in [6.45, 7) is 0. The zero-order valence-corrected chi connectivity index (χ0v) is 12.4. The van der Waals surface area contributed by atoms with Crippen LogP contribution in [-0.2, 0) is 4.74 Å². The summed E-state index contributed by atoms with van der Waals surface area (Å²) in [7, 11) is 5.39. The molecule has 1 N–H and O–H groups in total. The molecule has 4 atom stereocenters. The first-order valence-corrected chi connectivity index (χ1v) is 7.31. The van der Waals surface area contributed by atoms with Crippen LogP contribution >= 0.6 is 0 Å². The van der Waals surface area contributed by atoms with E-state index in [-0.39, 0.29) is 6.04 Å². The van der Waals surface area contributed by atoms with Crippen LogP contribution in [0.15, 0.2) is 18.2 Å². The van der Waals surface area contributed by atoms with Crippen molar-refractivity contribution in [3.8, 4) is 11.5 Å². The standard InChI is InChI=1S/C16H23NO3/c1-17-16(14-9-11-4-5-15(14)20-11)10-6-12(18-2)8-13(7-10)19-3/h6-8,11,14-17H,4-5,9H2,1-3H3. The number of benzene rings is 1. The van der Waals surface area contributed by atoms with Gasteiger partial charge in [0.05, 0.1) is 26.4 Å². The molecular weight excluding hydrogens is 254 g/mol. The van der Waals surface area contributed by atoms with Crippen LogP contribution in [0.3, 0.4) is 0 Å². The van der Waals surface area contributed by atoms with Gasteiger partial charge in [-0.2, -0.15) is 0 Å². The molecule has 2 saturated heterocycles. The summed E-state index contributed by atoms with van der Waals surface area (Å²) >= 11 is 0. The number of ether oxygens (including phenoxy) is 3. The Kier molecular flexibility index (Phi) is 3.85. The first-order chi connectivity index (χ1) is 9.75. The van der Waals surface area contributed by atoms with Gasteiger partial charge in [-0.25, -0.2) is 0 Å². The topological polar surface area (TPSA) is 39.7 Å². The van der Waals surface area contributed by atoms with Gasteiger partial charge in [0, 0.05) is 18.0 Å². The Hall–Kier alpha value is -1.26. The van der Waals surface area contributed by atoms with Crippen molar-refractivity contribution in [1.29, 1.82) is 0 Å². The average molecular weight is 277 g/mol. The van der Waals surface area contributed by atoms with E-state index in [0.29, 0.717) is 18.1 Å². The quantitative estimate of drug-likeness (QED) is 0.898. The van der Waals surface area contributed by atoms with Crippen LogP contribution in [0.5, 0.6) is 11.5 Å². The van der Waals surface area contributed by atoms with E-state index in [9.17, 15) is 0 Å². The molecule has 2 heterocycles. The maximum atomic E-state index is 6.00. The molecule has 2 fully saturated rings. The third-order valence-electron chi connectivity index (χ3n) is 4.63. The summed E-state index contributed by atoms with van der Waals surface area (Å²) in [6.07, 6.45) is 4.42. The molecule has 3 rings (SSSR count). The fourth-order valence-corrected chi connectivity index (χ4v) is 3.66. The minimum absolute atomic E-state index is 0.286. The molecule has 2 aliphatic rings. The summed E-state index contributed by atoms with van der Waals surface area (Å²) in [4.78, 5) is 0. The second-order valence-electron chi connectivity index (χ2n) is 5.69. The highest BCUT2D eigenvalue weighted by atomic mass is 16.5. The van der Waals surface area contributed by atoms with Crippen molar-refractivity contribution in [2.45, 2.75) is 37.5 Å². The zero-order chi connectivity index (χ0) is 14.1. The third kappa shape index (κ3) is 2.38. The maximum absolute atomic E-state index is 6.00. The van der Waals surface area contributed by atoms with E-state index in [1.807, 2.05) is 13.1 Å². The second-order valence-corrected chi connectivity index (χ2v) is 5.69. The van der Waals surface area contributed by atoms with E-state index in [4.69, 9.17) is 14.2 Å². The molecule has 0 aliphatic carbocycles. The van der Waals surface area contributed by atoms with Crippen LogP contribution in [0.4, 0.5) is 0 Å². The Morgan fingerprint density at radius 1 is 1.15 bits per heavy atom. The van der Waals surface area contributed by atoms with Crippen molar-refractivity contribution in [2.24, 2.45) is 5.92 Å². The molecule has 0 radical (unpaired) electrons. The summed E-state index contributed by atoms with van der Waals surface area (Å²) < 4.78 is 16.8. The number of rotatable bonds is 5. The summed E-state index contributed by atoms with van der Waals surface area (Å²) in [6, 6.07) is 6.38. The highest BCUT2D eigenvalue weighted by molar-refractivity contribution is 5.40. The average Bonchev–Trinajstić information content (AvgIpc) is 3.10. The molecule has 0 amide bonds. The number of hydrogen-bond donors (Lipinski definition) is 1. The number of fused-ring (bicyclic) bond motifs is 2. The lowest BCUT2D eigenvalue weighted by Crippen LogP contribution is -2.31. The maximum Gasteiger partial charge on any atom is 0.122 e. The van der Waals surface area contributed by atoms with E-state index in [0.717, 1.165) is 17.9 Å². The Labute approximate surface area is 120 Å². The smallest absolute Gasteiger partial charge is 0.122 e. The molecule has 2 aliphatic heterocycles. The Balaban J connectivity index is 1.88. The van der Waals surface area contributed by atoms with Crippen LogP contribution < -0.4 is 14.8 Å². The van der Waals surface area contributed by atoms with Crippen molar-refractivity contribution in [1.82, 2.24) is 5.32 Å². The first kappa shape index (κ1) is 13.7. The van der Waals surface area contributed by atoms with Gasteiger partial charge in [-0.3, -0.25) is 0 Å². The molecule has 2 bridgehead atoms. The molecule has 20 heavy (non-hydrogen) atoms. The predicted molar refractivity (Wildman–Crippen MR) is 77.3 cm³/mol. The van der Waals surface area contributed by atoms with Crippen LogP contribution in [0.2, 0.25) is 0 Å². The molecule has 0 saturated carbocycles. The Bertz CT molecular complexity index is 455. The molecule has 0 aromatic heterocycles. The lowest BCUT2D eigenvalue weighted by Gasteiger charge is -2.29. The van der Waals surface area contributed by atoms with Crippen molar-refractivity contribution in [2.75, 3.05) is 21.3 Å². The number of methoxy groups -OCH3 is 2. The van der Waals surface area contributed by atoms with Crippen molar-refractivity contribution < 1.29 is 14.2 Å². The highest BCUT2D eigenvalue weighted by Crippen LogP contribution is 2.45. The fourth-order valence-electron chi connectivity index (χ4n) is 3.66. The number of nitrogens with one attached hydrogen (secondary N) is 1. The number of hydrogen-bond acceptors (Lipinski definition) is 4. The molecule has 4 nitrogen and oxygen atoms in total. The normalized spacial score (nSPS) is 29.4. The van der Waals surface area contributed by atoms with Gasteiger partial charge in [0.25, 0.3) is 0 Å². The van der Waals surface area contributed by atoms with Gasteiger partial charge in [-0.1, -0.05) is 0 Å². The molecule has 4 unspecified atom stereocenters.